The maximum absolute atomic E-state index is 14.1. The van der Waals surface area contributed by atoms with Gasteiger partial charge >= 0.3 is 0 Å². The molecule has 0 spiro atoms. The lowest BCUT2D eigenvalue weighted by atomic mass is 9.94. The van der Waals surface area contributed by atoms with Crippen LogP contribution in [0.25, 0.3) is 0 Å². The molecule has 0 radical (unpaired) electrons. The highest BCUT2D eigenvalue weighted by Gasteiger charge is 2.40. The Morgan fingerprint density at radius 1 is 0.979 bits per heavy atom. The fourth-order valence-corrected chi connectivity index (χ4v) is 5.91. The number of aryl methyl sites for hydroxylation is 1. The summed E-state index contributed by atoms with van der Waals surface area (Å²) in [5.41, 5.74) is 3.24. The van der Waals surface area contributed by atoms with Crippen molar-refractivity contribution in [3.05, 3.63) is 88.4 Å². The van der Waals surface area contributed by atoms with E-state index in [1.165, 1.54) is 5.56 Å². The second kappa shape index (κ2) is 17.5. The molecule has 0 aromatic heterocycles. The first kappa shape index (κ1) is 36.2. The van der Waals surface area contributed by atoms with Gasteiger partial charge in [0.1, 0.15) is 12.2 Å². The van der Waals surface area contributed by atoms with Gasteiger partial charge in [-0.15, -0.1) is 0 Å². The molecule has 1 aliphatic heterocycles. The van der Waals surface area contributed by atoms with E-state index in [1.807, 2.05) is 43.3 Å². The van der Waals surface area contributed by atoms with Crippen molar-refractivity contribution in [3.8, 4) is 11.5 Å². The zero-order valence-electron chi connectivity index (χ0n) is 28.4. The molecule has 8 nitrogen and oxygen atoms in total. The van der Waals surface area contributed by atoms with Crippen molar-refractivity contribution < 1.29 is 23.8 Å². The van der Waals surface area contributed by atoms with E-state index in [0.717, 1.165) is 44.3 Å². The highest BCUT2D eigenvalue weighted by Crippen LogP contribution is 2.45. The molecule has 0 saturated carbocycles. The summed E-state index contributed by atoms with van der Waals surface area (Å²) >= 11 is 6.56. The maximum atomic E-state index is 14.1. The Morgan fingerprint density at radius 3 is 2.47 bits per heavy atom. The summed E-state index contributed by atoms with van der Waals surface area (Å²) in [4.78, 5) is 28.8. The van der Waals surface area contributed by atoms with Crippen molar-refractivity contribution in [2.75, 3.05) is 44.8 Å². The summed E-state index contributed by atoms with van der Waals surface area (Å²) in [5.74, 6) is 0.604. The molecule has 0 bridgehead atoms. The lowest BCUT2D eigenvalue weighted by molar-refractivity contribution is -0.138. The van der Waals surface area contributed by atoms with Gasteiger partial charge in [-0.05, 0) is 74.0 Å². The van der Waals surface area contributed by atoms with Crippen LogP contribution in [-0.2, 0) is 20.7 Å². The number of anilines is 1. The van der Waals surface area contributed by atoms with Crippen LogP contribution in [0.3, 0.4) is 0 Å². The minimum atomic E-state index is -1.02. The molecule has 1 aliphatic rings. The van der Waals surface area contributed by atoms with Gasteiger partial charge in [-0.25, -0.2) is 0 Å². The minimum absolute atomic E-state index is 0.103. The van der Waals surface area contributed by atoms with Crippen LogP contribution in [0.15, 0.2) is 66.7 Å². The Balaban J connectivity index is 1.54. The Hall–Kier alpha value is -3.59. The molecule has 254 valence electrons. The Morgan fingerprint density at radius 2 is 1.74 bits per heavy atom. The van der Waals surface area contributed by atoms with Crippen LogP contribution in [0.5, 0.6) is 11.5 Å². The van der Waals surface area contributed by atoms with Gasteiger partial charge < -0.3 is 29.7 Å². The maximum Gasteiger partial charge on any atom is 0.256 e. The number of hydrogen-bond acceptors (Lipinski definition) is 6. The molecule has 0 saturated heterocycles. The van der Waals surface area contributed by atoms with E-state index in [1.54, 1.807) is 18.1 Å². The second-order valence-corrected chi connectivity index (χ2v) is 13.6. The molecule has 4 rings (SSSR count). The van der Waals surface area contributed by atoms with E-state index in [4.69, 9.17) is 25.8 Å². The lowest BCUT2D eigenvalue weighted by Crippen LogP contribution is -2.45. The molecule has 3 aromatic carbocycles. The number of carbonyl (C=O) groups is 2. The molecule has 3 aromatic rings. The van der Waals surface area contributed by atoms with Crippen LogP contribution >= 0.6 is 11.6 Å². The molecule has 47 heavy (non-hydrogen) atoms. The Labute approximate surface area is 285 Å². The van der Waals surface area contributed by atoms with Gasteiger partial charge in [-0.3, -0.25) is 9.59 Å². The molecule has 2 N–H and O–H groups in total. The smallest absolute Gasteiger partial charge is 0.256 e. The van der Waals surface area contributed by atoms with Crippen LogP contribution in [0.1, 0.15) is 76.2 Å². The van der Waals surface area contributed by atoms with Crippen molar-refractivity contribution in [3.63, 3.8) is 0 Å². The minimum Gasteiger partial charge on any atom is -0.492 e. The predicted octanol–water partition coefficient (Wildman–Crippen LogP) is 7.12. The fraction of sp³-hybridized carbons (Fsp3) is 0.474. The third kappa shape index (κ3) is 10.4. The second-order valence-electron chi connectivity index (χ2n) is 13.2. The molecular weight excluding hydrogens is 614 g/mol. The first-order chi connectivity index (χ1) is 22.6. The Kier molecular flexibility index (Phi) is 13.5. The monoisotopic (exact) mass is 663 g/mol. The lowest BCUT2D eigenvalue weighted by Gasteiger charge is -2.31. The average Bonchev–Trinajstić information content (AvgIpc) is 3.15. The van der Waals surface area contributed by atoms with E-state index in [9.17, 15) is 9.59 Å². The molecule has 0 unspecified atom stereocenters. The van der Waals surface area contributed by atoms with Gasteiger partial charge in [0.05, 0.1) is 20.1 Å². The molecule has 2 amide bonds. The standard InChI is InChI=1S/C38H50ClN3O5/c1-6-20-41-34(43)25-33-37(44)42(26-38(2,3)4)31-19-18-28(39)24-30(31)35(47-33)29-16-10-17-32(36(29)45-5)46-23-12-22-40-21-11-15-27-13-8-7-9-14-27/h7-10,13-14,16-19,24,33,35,40H,6,11-12,15,20-23,25-26H2,1-5H3,(H,41,43)/t33-,35-/m1/s1. The number of rotatable bonds is 16. The summed E-state index contributed by atoms with van der Waals surface area (Å²) in [5, 5.41) is 6.91. The van der Waals surface area contributed by atoms with E-state index in [-0.39, 0.29) is 23.7 Å². The summed E-state index contributed by atoms with van der Waals surface area (Å²) in [7, 11) is 1.60. The fourth-order valence-electron chi connectivity index (χ4n) is 5.73. The van der Waals surface area contributed by atoms with Crippen LogP contribution < -0.4 is 25.0 Å². The number of ether oxygens (including phenoxy) is 3. The zero-order chi connectivity index (χ0) is 33.8. The molecule has 1 heterocycles. The molecule has 0 aliphatic carbocycles. The highest BCUT2D eigenvalue weighted by molar-refractivity contribution is 6.30. The number of amides is 2. The number of methoxy groups -OCH3 is 1. The van der Waals surface area contributed by atoms with Gasteiger partial charge in [-0.2, -0.15) is 0 Å². The van der Waals surface area contributed by atoms with E-state index < -0.39 is 12.2 Å². The summed E-state index contributed by atoms with van der Waals surface area (Å²) < 4.78 is 18.8. The summed E-state index contributed by atoms with van der Waals surface area (Å²) in [6.07, 6.45) is 1.87. The normalized spacial score (nSPS) is 16.4. The third-order valence-corrected chi connectivity index (χ3v) is 8.13. The quantitative estimate of drug-likeness (QED) is 0.159. The first-order valence-electron chi connectivity index (χ1n) is 16.7. The van der Waals surface area contributed by atoms with Crippen LogP contribution in [0, 0.1) is 5.41 Å². The van der Waals surface area contributed by atoms with Crippen molar-refractivity contribution in [1.29, 1.82) is 0 Å². The summed E-state index contributed by atoms with van der Waals surface area (Å²) in [6.45, 7) is 11.5. The largest absolute Gasteiger partial charge is 0.492 e. The Bertz CT molecular complexity index is 1460. The topological polar surface area (TPSA) is 89.1 Å². The van der Waals surface area contributed by atoms with Crippen LogP contribution in [0.4, 0.5) is 5.69 Å². The number of fused-ring (bicyclic) bond motifs is 1. The molecule has 0 fully saturated rings. The van der Waals surface area contributed by atoms with Crippen LogP contribution in [-0.4, -0.2) is 57.8 Å². The van der Waals surface area contributed by atoms with Gasteiger partial charge in [0.15, 0.2) is 11.5 Å². The van der Waals surface area contributed by atoms with E-state index in [2.05, 4.69) is 55.7 Å². The predicted molar refractivity (Wildman–Crippen MR) is 189 cm³/mol. The zero-order valence-corrected chi connectivity index (χ0v) is 29.2. The number of nitrogens with zero attached hydrogens (tertiary/aromatic N) is 1. The number of carbonyl (C=O) groups excluding carboxylic acids is 2. The van der Waals surface area contributed by atoms with Gasteiger partial charge in [0.2, 0.25) is 5.91 Å². The van der Waals surface area contributed by atoms with Gasteiger partial charge in [-0.1, -0.05) is 81.8 Å². The first-order valence-corrected chi connectivity index (χ1v) is 17.1. The van der Waals surface area contributed by atoms with Crippen molar-refractivity contribution >= 4 is 29.1 Å². The van der Waals surface area contributed by atoms with Gasteiger partial charge in [0, 0.05) is 34.9 Å². The number of hydrogen-bond donors (Lipinski definition) is 2. The summed E-state index contributed by atoms with van der Waals surface area (Å²) in [6, 6.07) is 21.7. The van der Waals surface area contributed by atoms with Crippen molar-refractivity contribution in [2.24, 2.45) is 5.41 Å². The number of para-hydroxylation sites is 1. The van der Waals surface area contributed by atoms with Crippen molar-refractivity contribution in [1.82, 2.24) is 10.6 Å². The van der Waals surface area contributed by atoms with Crippen molar-refractivity contribution in [2.45, 2.75) is 72.0 Å². The molecule has 9 heteroatoms. The molecular formula is C38H50ClN3O5. The van der Waals surface area contributed by atoms with Gasteiger partial charge in [0.25, 0.3) is 5.91 Å². The third-order valence-electron chi connectivity index (χ3n) is 7.89. The highest BCUT2D eigenvalue weighted by atomic mass is 35.5. The SMILES string of the molecule is CCCNC(=O)C[C@H]1O[C@H](c2cccc(OCCCNCCCc3ccccc3)c2OC)c2cc(Cl)ccc2N(CC(C)(C)C)C1=O. The number of halogens is 1. The molecule has 2 atom stereocenters. The van der Waals surface area contributed by atoms with E-state index >= 15 is 0 Å². The average molecular weight is 664 g/mol. The number of nitrogens with one attached hydrogen (secondary N) is 2. The van der Waals surface area contributed by atoms with E-state index in [0.29, 0.717) is 47.5 Å². The van der Waals surface area contributed by atoms with Crippen LogP contribution in [0.2, 0.25) is 5.02 Å². The number of benzene rings is 3.